The van der Waals surface area contributed by atoms with Gasteiger partial charge in [-0.25, -0.2) is 0 Å². The molecule has 0 aliphatic carbocycles. The van der Waals surface area contributed by atoms with Gasteiger partial charge >= 0.3 is 0 Å². The zero-order chi connectivity index (χ0) is 14.4. The number of thioether (sulfide) groups is 1. The molecule has 0 saturated carbocycles. The van der Waals surface area contributed by atoms with Crippen LogP contribution >= 0.6 is 11.8 Å². The van der Waals surface area contributed by atoms with Gasteiger partial charge in [0.05, 0.1) is 12.1 Å². The fourth-order valence-electron chi connectivity index (χ4n) is 2.38. The van der Waals surface area contributed by atoms with Gasteiger partial charge in [0.15, 0.2) is 0 Å². The Balaban J connectivity index is 1.92. The van der Waals surface area contributed by atoms with E-state index >= 15 is 0 Å². The second-order valence-corrected chi connectivity index (χ2v) is 6.24. The third-order valence-corrected chi connectivity index (χ3v) is 4.39. The number of hydrogen-bond donors (Lipinski definition) is 3. The Labute approximate surface area is 124 Å². The molecule has 0 bridgehead atoms. The van der Waals surface area contributed by atoms with E-state index < -0.39 is 0 Å². The normalized spacial score (nSPS) is 21.4. The molecule has 3 atom stereocenters. The lowest BCUT2D eigenvalue weighted by molar-refractivity contribution is -0.122. The lowest BCUT2D eigenvalue weighted by atomic mass is 9.93. The number of nitrogens with one attached hydrogen (secondary N) is 2. The van der Waals surface area contributed by atoms with Gasteiger partial charge in [0.25, 0.3) is 0 Å². The van der Waals surface area contributed by atoms with Crippen LogP contribution in [-0.2, 0) is 4.79 Å². The number of benzene rings is 1. The molecular formula is C15H22N2O2S. The quantitative estimate of drug-likeness (QED) is 0.740. The Hall–Kier alpha value is -1.04. The molecule has 1 aromatic rings. The van der Waals surface area contributed by atoms with Gasteiger partial charge in [-0.2, -0.15) is 0 Å². The largest absolute Gasteiger partial charge is 0.393 e. The summed E-state index contributed by atoms with van der Waals surface area (Å²) in [5.41, 5.74) is 1.16. The minimum Gasteiger partial charge on any atom is -0.393 e. The van der Waals surface area contributed by atoms with E-state index in [1.54, 1.807) is 18.7 Å². The molecule has 0 aromatic heterocycles. The highest BCUT2D eigenvalue weighted by atomic mass is 32.2. The monoisotopic (exact) mass is 294 g/mol. The average molecular weight is 294 g/mol. The van der Waals surface area contributed by atoms with Gasteiger partial charge in [-0.05, 0) is 18.9 Å². The second-order valence-electron chi connectivity index (χ2n) is 5.21. The van der Waals surface area contributed by atoms with Gasteiger partial charge in [-0.1, -0.05) is 30.3 Å². The summed E-state index contributed by atoms with van der Waals surface area (Å²) in [6, 6.07) is 9.96. The van der Waals surface area contributed by atoms with Crippen molar-refractivity contribution < 1.29 is 9.90 Å². The summed E-state index contributed by atoms with van der Waals surface area (Å²) in [7, 11) is 0. The molecule has 0 radical (unpaired) electrons. The van der Waals surface area contributed by atoms with Gasteiger partial charge in [0.2, 0.25) is 5.91 Å². The molecule has 1 fully saturated rings. The first-order chi connectivity index (χ1) is 9.66. The molecule has 110 valence electrons. The number of hydrogen-bond acceptors (Lipinski definition) is 4. The van der Waals surface area contributed by atoms with Crippen molar-refractivity contribution in [2.45, 2.75) is 31.4 Å². The zero-order valence-corrected chi connectivity index (χ0v) is 12.5. The highest BCUT2D eigenvalue weighted by Gasteiger charge is 2.23. The van der Waals surface area contributed by atoms with Crippen molar-refractivity contribution in [3.8, 4) is 0 Å². The van der Waals surface area contributed by atoms with Crippen molar-refractivity contribution in [2.24, 2.45) is 0 Å². The molecule has 5 heteroatoms. The SMILES string of the molecule is CC(O)CC(CNC(=O)[C@H]1CSCN1)c1ccccc1. The summed E-state index contributed by atoms with van der Waals surface area (Å²) in [5, 5.41) is 15.8. The summed E-state index contributed by atoms with van der Waals surface area (Å²) < 4.78 is 0. The predicted octanol–water partition coefficient (Wildman–Crippen LogP) is 1.32. The van der Waals surface area contributed by atoms with E-state index in [9.17, 15) is 9.90 Å². The maximum atomic E-state index is 12.0. The maximum Gasteiger partial charge on any atom is 0.238 e. The van der Waals surface area contributed by atoms with Crippen molar-refractivity contribution in [1.82, 2.24) is 10.6 Å². The number of aliphatic hydroxyl groups is 1. The summed E-state index contributed by atoms with van der Waals surface area (Å²) in [4.78, 5) is 12.0. The number of aliphatic hydroxyl groups excluding tert-OH is 1. The number of carbonyl (C=O) groups is 1. The van der Waals surface area contributed by atoms with Crippen LogP contribution in [0.3, 0.4) is 0 Å². The first-order valence-corrected chi connectivity index (χ1v) is 8.14. The highest BCUT2D eigenvalue weighted by Crippen LogP contribution is 2.20. The fourth-order valence-corrected chi connectivity index (χ4v) is 3.33. The molecule has 0 spiro atoms. The van der Waals surface area contributed by atoms with Gasteiger partial charge in [0.1, 0.15) is 0 Å². The first-order valence-electron chi connectivity index (χ1n) is 6.98. The van der Waals surface area contributed by atoms with E-state index in [1.165, 1.54) is 0 Å². The molecule has 4 nitrogen and oxygen atoms in total. The highest BCUT2D eigenvalue weighted by molar-refractivity contribution is 7.99. The predicted molar refractivity (Wildman–Crippen MR) is 82.7 cm³/mol. The van der Waals surface area contributed by atoms with Crippen LogP contribution in [0.15, 0.2) is 30.3 Å². The molecule has 2 rings (SSSR count). The molecular weight excluding hydrogens is 272 g/mol. The van der Waals surface area contributed by atoms with E-state index in [-0.39, 0.29) is 24.0 Å². The van der Waals surface area contributed by atoms with Crippen LogP contribution < -0.4 is 10.6 Å². The number of rotatable bonds is 6. The van der Waals surface area contributed by atoms with Crippen LogP contribution in [0.4, 0.5) is 0 Å². The lowest BCUT2D eigenvalue weighted by Gasteiger charge is -2.20. The first kappa shape index (κ1) is 15.4. The zero-order valence-electron chi connectivity index (χ0n) is 11.7. The lowest BCUT2D eigenvalue weighted by Crippen LogP contribution is -2.43. The smallest absolute Gasteiger partial charge is 0.238 e. The summed E-state index contributed by atoms with van der Waals surface area (Å²) in [6.07, 6.45) is 0.272. The Kier molecular flexibility index (Phi) is 5.88. The van der Waals surface area contributed by atoms with Crippen molar-refractivity contribution in [1.29, 1.82) is 0 Å². The molecule has 3 N–H and O–H groups in total. The van der Waals surface area contributed by atoms with Crippen molar-refractivity contribution in [3.05, 3.63) is 35.9 Å². The molecule has 1 aromatic carbocycles. The maximum absolute atomic E-state index is 12.0. The van der Waals surface area contributed by atoms with Crippen molar-refractivity contribution in [3.63, 3.8) is 0 Å². The van der Waals surface area contributed by atoms with Crippen LogP contribution in [0.2, 0.25) is 0 Å². The number of amides is 1. The van der Waals surface area contributed by atoms with E-state index in [0.29, 0.717) is 13.0 Å². The van der Waals surface area contributed by atoms with Gasteiger partial charge < -0.3 is 10.4 Å². The fraction of sp³-hybridized carbons (Fsp3) is 0.533. The standard InChI is InChI=1S/C15H22N2O2S/c1-11(18)7-13(12-5-3-2-4-6-12)8-16-15(19)14-9-20-10-17-14/h2-6,11,13-14,17-18H,7-10H2,1H3,(H,16,19)/t11?,13?,14-/m1/s1. The molecule has 1 aliphatic heterocycles. The van der Waals surface area contributed by atoms with Crippen LogP contribution in [0, 0.1) is 0 Å². The second kappa shape index (κ2) is 7.67. The molecule has 1 aliphatic rings. The van der Waals surface area contributed by atoms with E-state index in [0.717, 1.165) is 17.2 Å². The minimum atomic E-state index is -0.378. The summed E-state index contributed by atoms with van der Waals surface area (Å²) in [6.45, 7) is 2.35. The van der Waals surface area contributed by atoms with E-state index in [2.05, 4.69) is 10.6 Å². The number of carbonyl (C=O) groups excluding carboxylic acids is 1. The Morgan fingerprint density at radius 1 is 1.50 bits per heavy atom. The summed E-state index contributed by atoms with van der Waals surface area (Å²) >= 11 is 1.74. The van der Waals surface area contributed by atoms with Crippen molar-refractivity contribution in [2.75, 3.05) is 18.2 Å². The molecule has 1 saturated heterocycles. The van der Waals surface area contributed by atoms with Gasteiger partial charge in [-0.3, -0.25) is 10.1 Å². The van der Waals surface area contributed by atoms with Gasteiger partial charge in [-0.15, -0.1) is 11.8 Å². The topological polar surface area (TPSA) is 61.4 Å². The van der Waals surface area contributed by atoms with Crippen molar-refractivity contribution >= 4 is 17.7 Å². The molecule has 20 heavy (non-hydrogen) atoms. The average Bonchev–Trinajstić information content (AvgIpc) is 2.98. The Morgan fingerprint density at radius 2 is 2.25 bits per heavy atom. The van der Waals surface area contributed by atoms with Crippen LogP contribution in [0.25, 0.3) is 0 Å². The van der Waals surface area contributed by atoms with E-state index in [1.807, 2.05) is 30.3 Å². The molecule has 1 amide bonds. The van der Waals surface area contributed by atoms with Crippen LogP contribution in [-0.4, -0.2) is 41.3 Å². The molecule has 2 unspecified atom stereocenters. The van der Waals surface area contributed by atoms with Crippen LogP contribution in [0.1, 0.15) is 24.8 Å². The Bertz CT molecular complexity index is 419. The summed E-state index contributed by atoms with van der Waals surface area (Å²) in [5.74, 6) is 1.88. The minimum absolute atomic E-state index is 0.0570. The van der Waals surface area contributed by atoms with E-state index in [4.69, 9.17) is 0 Å². The third-order valence-electron chi connectivity index (χ3n) is 3.45. The molecule has 1 heterocycles. The van der Waals surface area contributed by atoms with Gasteiger partial charge in [0, 0.05) is 24.1 Å². The van der Waals surface area contributed by atoms with Crippen LogP contribution in [0.5, 0.6) is 0 Å². The third kappa shape index (κ3) is 4.51. The Morgan fingerprint density at radius 3 is 2.85 bits per heavy atom.